The van der Waals surface area contributed by atoms with Gasteiger partial charge in [0.1, 0.15) is 5.69 Å². The number of aromatic amines is 1. The number of nitrogens with one attached hydrogen (secondary N) is 1. The van der Waals surface area contributed by atoms with Crippen LogP contribution in [-0.4, -0.2) is 9.97 Å². The molecule has 2 rings (SSSR count). The van der Waals surface area contributed by atoms with E-state index in [1.807, 2.05) is 6.07 Å². The molecule has 0 atom stereocenters. The van der Waals surface area contributed by atoms with E-state index in [1.165, 1.54) is 5.56 Å². The summed E-state index contributed by atoms with van der Waals surface area (Å²) in [4.78, 5) is 6.87. The van der Waals surface area contributed by atoms with Crippen LogP contribution < -0.4 is 0 Å². The summed E-state index contributed by atoms with van der Waals surface area (Å²) < 4.78 is 0. The second-order valence-electron chi connectivity index (χ2n) is 3.61. The highest BCUT2D eigenvalue weighted by atomic mass is 14.8. The molecule has 80 valence electrons. The standard InChI is InChI=1S/C14H14N2/c1-3-7-13(8-4-1)9-5-2-6-10-14-11-15-12-16-14/h1,3-4,7-8,11-12H,2,5,9H2,(H,15,16). The van der Waals surface area contributed by atoms with E-state index in [0.29, 0.717) is 0 Å². The average molecular weight is 210 g/mol. The van der Waals surface area contributed by atoms with E-state index >= 15 is 0 Å². The van der Waals surface area contributed by atoms with E-state index in [9.17, 15) is 0 Å². The minimum atomic E-state index is 0.889. The molecule has 0 fully saturated rings. The fourth-order valence-corrected chi connectivity index (χ4v) is 1.51. The Kier molecular flexibility index (Phi) is 3.79. The second kappa shape index (κ2) is 5.77. The Bertz CT molecular complexity index is 460. The van der Waals surface area contributed by atoms with Gasteiger partial charge in [-0.05, 0) is 24.3 Å². The number of aromatic nitrogens is 2. The van der Waals surface area contributed by atoms with Gasteiger partial charge >= 0.3 is 0 Å². The lowest BCUT2D eigenvalue weighted by Crippen LogP contribution is -1.83. The molecule has 0 unspecified atom stereocenters. The molecule has 0 saturated heterocycles. The Morgan fingerprint density at radius 3 is 2.81 bits per heavy atom. The highest BCUT2D eigenvalue weighted by molar-refractivity contribution is 5.24. The first-order chi connectivity index (χ1) is 7.95. The molecular formula is C14H14N2. The van der Waals surface area contributed by atoms with E-state index in [2.05, 4.69) is 46.1 Å². The zero-order valence-electron chi connectivity index (χ0n) is 9.11. The van der Waals surface area contributed by atoms with Gasteiger partial charge < -0.3 is 4.98 Å². The van der Waals surface area contributed by atoms with Crippen molar-refractivity contribution >= 4 is 0 Å². The molecule has 2 aromatic rings. The molecule has 0 radical (unpaired) electrons. The molecule has 0 saturated carbocycles. The zero-order valence-corrected chi connectivity index (χ0v) is 9.11. The Morgan fingerprint density at radius 1 is 1.19 bits per heavy atom. The van der Waals surface area contributed by atoms with Gasteiger partial charge in [0.25, 0.3) is 0 Å². The van der Waals surface area contributed by atoms with Crippen molar-refractivity contribution in [1.82, 2.24) is 9.97 Å². The molecule has 0 bridgehead atoms. The van der Waals surface area contributed by atoms with E-state index in [1.54, 1.807) is 12.5 Å². The Hall–Kier alpha value is -2.01. The van der Waals surface area contributed by atoms with Gasteiger partial charge in [0, 0.05) is 6.42 Å². The number of hydrogen-bond donors (Lipinski definition) is 1. The van der Waals surface area contributed by atoms with Crippen molar-refractivity contribution < 1.29 is 0 Å². The molecule has 2 heteroatoms. The van der Waals surface area contributed by atoms with Crippen molar-refractivity contribution in [3.63, 3.8) is 0 Å². The fourth-order valence-electron chi connectivity index (χ4n) is 1.51. The maximum Gasteiger partial charge on any atom is 0.109 e. The van der Waals surface area contributed by atoms with Crippen molar-refractivity contribution in [2.24, 2.45) is 0 Å². The van der Waals surface area contributed by atoms with Gasteiger partial charge in [-0.3, -0.25) is 0 Å². The third-order valence-corrected chi connectivity index (χ3v) is 2.33. The van der Waals surface area contributed by atoms with Crippen molar-refractivity contribution in [3.05, 3.63) is 54.1 Å². The molecule has 1 aromatic heterocycles. The summed E-state index contributed by atoms with van der Waals surface area (Å²) in [6, 6.07) is 10.5. The molecule has 0 aliphatic rings. The topological polar surface area (TPSA) is 28.7 Å². The van der Waals surface area contributed by atoms with Gasteiger partial charge in [0.15, 0.2) is 0 Å². The minimum absolute atomic E-state index is 0.889. The molecule has 0 aliphatic heterocycles. The van der Waals surface area contributed by atoms with Gasteiger partial charge in [-0.25, -0.2) is 4.98 Å². The number of imidazole rings is 1. The number of H-pyrrole nitrogens is 1. The van der Waals surface area contributed by atoms with E-state index in [0.717, 1.165) is 25.0 Å². The first kappa shape index (κ1) is 10.5. The normalized spacial score (nSPS) is 9.50. The van der Waals surface area contributed by atoms with Crippen LogP contribution in [0.3, 0.4) is 0 Å². The van der Waals surface area contributed by atoms with Gasteiger partial charge in [-0.2, -0.15) is 0 Å². The highest BCUT2D eigenvalue weighted by Crippen LogP contribution is 2.03. The summed E-state index contributed by atoms with van der Waals surface area (Å²) in [6.45, 7) is 0. The monoisotopic (exact) mass is 210 g/mol. The SMILES string of the molecule is C(#Cc1cnc[nH]1)CCCc1ccccc1. The third kappa shape index (κ3) is 3.29. The van der Waals surface area contributed by atoms with Crippen molar-refractivity contribution in [2.45, 2.75) is 19.3 Å². The van der Waals surface area contributed by atoms with Crippen LogP contribution in [0.25, 0.3) is 0 Å². The maximum atomic E-state index is 3.91. The molecule has 0 spiro atoms. The second-order valence-corrected chi connectivity index (χ2v) is 3.61. The Labute approximate surface area is 95.7 Å². The zero-order chi connectivity index (χ0) is 11.1. The maximum absolute atomic E-state index is 3.91. The average Bonchev–Trinajstić information content (AvgIpc) is 2.83. The number of nitrogens with zero attached hydrogens (tertiary/aromatic N) is 1. The van der Waals surface area contributed by atoms with Crippen molar-refractivity contribution in [1.29, 1.82) is 0 Å². The van der Waals surface area contributed by atoms with Crippen LogP contribution in [0.1, 0.15) is 24.1 Å². The fraction of sp³-hybridized carbons (Fsp3) is 0.214. The predicted molar refractivity (Wildman–Crippen MR) is 64.8 cm³/mol. The van der Waals surface area contributed by atoms with Crippen LogP contribution in [0.4, 0.5) is 0 Å². The first-order valence-electron chi connectivity index (χ1n) is 5.46. The van der Waals surface area contributed by atoms with Gasteiger partial charge in [0.2, 0.25) is 0 Å². The van der Waals surface area contributed by atoms with Gasteiger partial charge in [-0.15, -0.1) is 0 Å². The summed E-state index contributed by atoms with van der Waals surface area (Å²) in [7, 11) is 0. The van der Waals surface area contributed by atoms with Crippen LogP contribution in [0.15, 0.2) is 42.9 Å². The lowest BCUT2D eigenvalue weighted by Gasteiger charge is -1.96. The van der Waals surface area contributed by atoms with E-state index in [4.69, 9.17) is 0 Å². The molecule has 2 nitrogen and oxygen atoms in total. The molecule has 0 aliphatic carbocycles. The van der Waals surface area contributed by atoms with Crippen molar-refractivity contribution in [3.8, 4) is 11.8 Å². The summed E-state index contributed by atoms with van der Waals surface area (Å²) in [5, 5.41) is 0. The molecule has 16 heavy (non-hydrogen) atoms. The number of rotatable bonds is 3. The molecule has 1 aromatic carbocycles. The summed E-state index contributed by atoms with van der Waals surface area (Å²) in [6.07, 6.45) is 6.51. The first-order valence-corrected chi connectivity index (χ1v) is 5.46. The number of aryl methyl sites for hydroxylation is 1. The van der Waals surface area contributed by atoms with Crippen LogP contribution in [0.2, 0.25) is 0 Å². The summed E-state index contributed by atoms with van der Waals surface area (Å²) in [5.41, 5.74) is 2.27. The molecule has 1 heterocycles. The van der Waals surface area contributed by atoms with Crippen LogP contribution >= 0.6 is 0 Å². The quantitative estimate of drug-likeness (QED) is 0.612. The van der Waals surface area contributed by atoms with E-state index < -0.39 is 0 Å². The largest absolute Gasteiger partial charge is 0.338 e. The van der Waals surface area contributed by atoms with Crippen LogP contribution in [-0.2, 0) is 6.42 Å². The summed E-state index contributed by atoms with van der Waals surface area (Å²) in [5.74, 6) is 6.18. The molecule has 1 N–H and O–H groups in total. The Morgan fingerprint density at radius 2 is 2.06 bits per heavy atom. The van der Waals surface area contributed by atoms with Crippen molar-refractivity contribution in [2.75, 3.05) is 0 Å². The van der Waals surface area contributed by atoms with E-state index in [-0.39, 0.29) is 0 Å². The van der Waals surface area contributed by atoms with Crippen LogP contribution in [0, 0.1) is 11.8 Å². The lowest BCUT2D eigenvalue weighted by molar-refractivity contribution is 0.858. The van der Waals surface area contributed by atoms with Gasteiger partial charge in [-0.1, -0.05) is 36.3 Å². The number of hydrogen-bond acceptors (Lipinski definition) is 1. The van der Waals surface area contributed by atoms with Crippen LogP contribution in [0.5, 0.6) is 0 Å². The molecular weight excluding hydrogens is 196 g/mol. The third-order valence-electron chi connectivity index (χ3n) is 2.33. The minimum Gasteiger partial charge on any atom is -0.338 e. The van der Waals surface area contributed by atoms with Gasteiger partial charge in [0.05, 0.1) is 12.5 Å². The summed E-state index contributed by atoms with van der Waals surface area (Å²) >= 11 is 0. The number of unbranched alkanes of at least 4 members (excludes halogenated alkanes) is 1. The molecule has 0 amide bonds. The lowest BCUT2D eigenvalue weighted by atomic mass is 10.1. The highest BCUT2D eigenvalue weighted by Gasteiger charge is 1.89. The predicted octanol–water partition coefficient (Wildman–Crippen LogP) is 2.78. The Balaban J connectivity index is 1.73. The smallest absolute Gasteiger partial charge is 0.109 e. The number of benzene rings is 1.